The Morgan fingerprint density at radius 2 is 1.94 bits per heavy atom. The maximum atomic E-state index is 5.44. The van der Waals surface area contributed by atoms with Gasteiger partial charge in [-0.15, -0.1) is 0 Å². The van der Waals surface area contributed by atoms with Crippen molar-refractivity contribution in [3.05, 3.63) is 29.8 Å². The molecule has 0 unspecified atom stereocenters. The Morgan fingerprint density at radius 3 is 2.50 bits per heavy atom. The first-order valence-corrected chi connectivity index (χ1v) is 7.08. The fraction of sp³-hybridized carbons (Fsp3) is 0.500. The predicted molar refractivity (Wildman–Crippen MR) is 65.3 cm³/mol. The summed E-state index contributed by atoms with van der Waals surface area (Å²) in [6, 6.07) is 8.42. The average molecular weight is 238 g/mol. The van der Waals surface area contributed by atoms with Gasteiger partial charge in [0, 0.05) is 20.1 Å². The zero-order chi connectivity index (χ0) is 11.4. The van der Waals surface area contributed by atoms with Crippen molar-refractivity contribution >= 4 is 14.5 Å². The third-order valence-corrected chi connectivity index (χ3v) is 4.88. The predicted octanol–water partition coefficient (Wildman–Crippen LogP) is 0.596. The number of rotatable bonds is 5. The van der Waals surface area contributed by atoms with Crippen molar-refractivity contribution in [2.45, 2.75) is 6.42 Å². The van der Waals surface area contributed by atoms with Gasteiger partial charge >= 0.3 is 9.28 Å². The van der Waals surface area contributed by atoms with Crippen LogP contribution in [0.15, 0.2) is 24.3 Å². The molecule has 1 aliphatic heterocycles. The maximum Gasteiger partial charge on any atom is 0.355 e. The normalized spacial score (nSPS) is 16.4. The van der Waals surface area contributed by atoms with Crippen LogP contribution in [0.1, 0.15) is 5.56 Å². The summed E-state index contributed by atoms with van der Waals surface area (Å²) in [4.78, 5) is 0. The lowest BCUT2D eigenvalue weighted by Gasteiger charge is -2.27. The molecule has 1 heterocycles. The third-order valence-electron chi connectivity index (χ3n) is 2.95. The summed E-state index contributed by atoms with van der Waals surface area (Å²) in [6.07, 6.45) is 1.08. The lowest BCUT2D eigenvalue weighted by Crippen LogP contribution is -2.39. The molecular formula is C12H18O3Si. The monoisotopic (exact) mass is 238 g/mol. The second-order valence-electron chi connectivity index (χ2n) is 4.11. The van der Waals surface area contributed by atoms with Gasteiger partial charge in [-0.3, -0.25) is 0 Å². The molecule has 0 bridgehead atoms. The summed E-state index contributed by atoms with van der Waals surface area (Å²) in [5.41, 5.74) is 1.36. The molecule has 0 N–H and O–H groups in total. The van der Waals surface area contributed by atoms with Crippen LogP contribution in [0.3, 0.4) is 0 Å². The Labute approximate surface area is 98.2 Å². The molecule has 0 amide bonds. The molecule has 1 aromatic carbocycles. The van der Waals surface area contributed by atoms with Crippen molar-refractivity contribution in [2.24, 2.45) is 5.92 Å². The molecular weight excluding hydrogens is 220 g/mol. The van der Waals surface area contributed by atoms with E-state index in [1.165, 1.54) is 10.8 Å². The highest BCUT2D eigenvalue weighted by atomic mass is 28.3. The minimum Gasteiger partial charge on any atom is -0.397 e. The SMILES string of the molecule is CO[SiH](OC)c1ccccc1CC1COC1. The van der Waals surface area contributed by atoms with Crippen LogP contribution < -0.4 is 5.19 Å². The van der Waals surface area contributed by atoms with E-state index in [2.05, 4.69) is 18.2 Å². The minimum atomic E-state index is -1.68. The molecule has 88 valence electrons. The van der Waals surface area contributed by atoms with Gasteiger partial charge in [0.2, 0.25) is 0 Å². The highest BCUT2D eigenvalue weighted by Crippen LogP contribution is 2.16. The van der Waals surface area contributed by atoms with Crippen LogP contribution in [-0.2, 0) is 20.0 Å². The Hall–Kier alpha value is -0.683. The summed E-state index contributed by atoms with van der Waals surface area (Å²) in [6.45, 7) is 1.78. The van der Waals surface area contributed by atoms with Gasteiger partial charge in [-0.1, -0.05) is 24.3 Å². The van der Waals surface area contributed by atoms with Crippen molar-refractivity contribution in [1.29, 1.82) is 0 Å². The molecule has 4 heteroatoms. The first-order chi connectivity index (χ1) is 7.85. The highest BCUT2D eigenvalue weighted by molar-refractivity contribution is 6.61. The Bertz CT molecular complexity index is 335. The van der Waals surface area contributed by atoms with Crippen LogP contribution in [0.25, 0.3) is 0 Å². The van der Waals surface area contributed by atoms with E-state index < -0.39 is 9.28 Å². The molecule has 0 saturated carbocycles. The van der Waals surface area contributed by atoms with Gasteiger partial charge in [0.1, 0.15) is 0 Å². The lowest BCUT2D eigenvalue weighted by atomic mass is 9.98. The first kappa shape index (κ1) is 11.8. The number of benzene rings is 1. The van der Waals surface area contributed by atoms with Crippen molar-refractivity contribution in [3.8, 4) is 0 Å². The van der Waals surface area contributed by atoms with Crippen molar-refractivity contribution < 1.29 is 13.6 Å². The maximum absolute atomic E-state index is 5.44. The largest absolute Gasteiger partial charge is 0.397 e. The summed E-state index contributed by atoms with van der Waals surface area (Å²) < 4.78 is 16.1. The fourth-order valence-electron chi connectivity index (χ4n) is 2.01. The topological polar surface area (TPSA) is 27.7 Å². The van der Waals surface area contributed by atoms with Gasteiger partial charge in [0.15, 0.2) is 0 Å². The summed E-state index contributed by atoms with van der Waals surface area (Å²) in [7, 11) is 1.78. The molecule has 1 fully saturated rings. The van der Waals surface area contributed by atoms with Crippen LogP contribution >= 0.6 is 0 Å². The summed E-state index contributed by atoms with van der Waals surface area (Å²) in [5, 5.41) is 1.26. The van der Waals surface area contributed by atoms with Gasteiger partial charge in [0.25, 0.3) is 0 Å². The van der Waals surface area contributed by atoms with E-state index in [9.17, 15) is 0 Å². The van der Waals surface area contributed by atoms with E-state index in [0.29, 0.717) is 5.92 Å². The molecule has 3 nitrogen and oxygen atoms in total. The quantitative estimate of drug-likeness (QED) is 0.703. The Morgan fingerprint density at radius 1 is 1.25 bits per heavy atom. The van der Waals surface area contributed by atoms with Crippen molar-refractivity contribution in [2.75, 3.05) is 27.4 Å². The lowest BCUT2D eigenvalue weighted by molar-refractivity contribution is -0.0311. The van der Waals surface area contributed by atoms with Crippen LogP contribution in [0.4, 0.5) is 0 Å². The molecule has 16 heavy (non-hydrogen) atoms. The molecule has 2 rings (SSSR count). The van der Waals surface area contributed by atoms with Gasteiger partial charge in [-0.25, -0.2) is 0 Å². The van der Waals surface area contributed by atoms with Gasteiger partial charge in [0.05, 0.1) is 13.2 Å². The van der Waals surface area contributed by atoms with E-state index in [4.69, 9.17) is 13.6 Å². The highest BCUT2D eigenvalue weighted by Gasteiger charge is 2.23. The molecule has 0 spiro atoms. The fourth-order valence-corrected chi connectivity index (χ4v) is 3.50. The number of hydrogen-bond acceptors (Lipinski definition) is 3. The molecule has 1 saturated heterocycles. The van der Waals surface area contributed by atoms with E-state index in [-0.39, 0.29) is 0 Å². The van der Waals surface area contributed by atoms with Crippen molar-refractivity contribution in [1.82, 2.24) is 0 Å². The Kier molecular flexibility index (Phi) is 4.12. The molecule has 0 atom stereocenters. The molecule has 0 aliphatic carbocycles. The molecule has 1 aliphatic rings. The second-order valence-corrected chi connectivity index (χ2v) is 6.34. The molecule has 0 aromatic heterocycles. The Balaban J connectivity index is 2.14. The first-order valence-electron chi connectivity index (χ1n) is 5.56. The molecule has 1 aromatic rings. The summed E-state index contributed by atoms with van der Waals surface area (Å²) >= 11 is 0. The van der Waals surface area contributed by atoms with Crippen LogP contribution in [0.2, 0.25) is 0 Å². The third kappa shape index (κ3) is 2.52. The minimum absolute atomic E-state index is 0.671. The average Bonchev–Trinajstić information content (AvgIpc) is 2.27. The zero-order valence-electron chi connectivity index (χ0n) is 9.81. The van der Waals surface area contributed by atoms with E-state index >= 15 is 0 Å². The van der Waals surface area contributed by atoms with Crippen LogP contribution in [-0.4, -0.2) is 36.7 Å². The van der Waals surface area contributed by atoms with Gasteiger partial charge in [-0.05, 0) is 17.2 Å². The van der Waals surface area contributed by atoms with Crippen LogP contribution in [0.5, 0.6) is 0 Å². The van der Waals surface area contributed by atoms with E-state index in [0.717, 1.165) is 19.6 Å². The zero-order valence-corrected chi connectivity index (χ0v) is 11.0. The number of ether oxygens (including phenoxy) is 1. The summed E-state index contributed by atoms with van der Waals surface area (Å²) in [5.74, 6) is 0.671. The van der Waals surface area contributed by atoms with Crippen LogP contribution in [0, 0.1) is 5.92 Å². The van der Waals surface area contributed by atoms with Gasteiger partial charge in [-0.2, -0.15) is 0 Å². The van der Waals surface area contributed by atoms with Crippen molar-refractivity contribution in [3.63, 3.8) is 0 Å². The number of hydrogen-bond donors (Lipinski definition) is 0. The van der Waals surface area contributed by atoms with E-state index in [1.807, 2.05) is 6.07 Å². The van der Waals surface area contributed by atoms with E-state index in [1.54, 1.807) is 14.2 Å². The standard InChI is InChI=1S/C12H18O3Si/c1-13-16(14-2)12-6-4-3-5-11(12)7-10-8-15-9-10/h3-6,10,16H,7-9H2,1-2H3. The molecule has 0 radical (unpaired) electrons. The van der Waals surface area contributed by atoms with Gasteiger partial charge < -0.3 is 13.6 Å². The smallest absolute Gasteiger partial charge is 0.355 e. The second kappa shape index (κ2) is 5.59.